The molecule has 4 rings (SSSR count). The van der Waals surface area contributed by atoms with Crippen LogP contribution in [0.1, 0.15) is 28.1 Å². The van der Waals surface area contributed by atoms with E-state index in [0.717, 1.165) is 10.5 Å². The number of rotatable bonds is 9. The zero-order valence-corrected chi connectivity index (χ0v) is 21.8. The molecule has 0 radical (unpaired) electrons. The summed E-state index contributed by atoms with van der Waals surface area (Å²) in [7, 11) is 1.57. The van der Waals surface area contributed by atoms with Gasteiger partial charge in [-0.15, -0.1) is 11.8 Å². The molecule has 1 atom stereocenters. The van der Waals surface area contributed by atoms with Crippen LogP contribution in [-0.4, -0.2) is 24.8 Å². The molecule has 3 N–H and O–H groups in total. The number of ether oxygens (including phenoxy) is 1. The number of carbonyl (C=O) groups is 3. The number of amides is 3. The number of hydrogen-bond donors (Lipinski definition) is 3. The largest absolute Gasteiger partial charge is 0.497 e. The number of benzene rings is 4. The molecule has 0 bridgehead atoms. The smallest absolute Gasteiger partial charge is 0.255 e. The fraction of sp³-hybridized carbons (Fsp3) is 0.100. The molecule has 0 aliphatic heterocycles. The van der Waals surface area contributed by atoms with Gasteiger partial charge in [0.05, 0.1) is 7.11 Å². The van der Waals surface area contributed by atoms with Gasteiger partial charge >= 0.3 is 0 Å². The molecule has 38 heavy (non-hydrogen) atoms. The lowest BCUT2D eigenvalue weighted by Gasteiger charge is -2.18. The fourth-order valence-electron chi connectivity index (χ4n) is 3.68. The van der Waals surface area contributed by atoms with Crippen LogP contribution in [0, 0.1) is 0 Å². The first kappa shape index (κ1) is 26.5. The molecule has 1 unspecified atom stereocenters. The minimum Gasteiger partial charge on any atom is -0.497 e. The van der Waals surface area contributed by atoms with Crippen LogP contribution in [0.2, 0.25) is 0 Å². The van der Waals surface area contributed by atoms with Crippen molar-refractivity contribution >= 4 is 46.5 Å². The van der Waals surface area contributed by atoms with Gasteiger partial charge in [-0.05, 0) is 72.3 Å². The highest BCUT2D eigenvalue weighted by Gasteiger charge is 2.22. The van der Waals surface area contributed by atoms with Crippen molar-refractivity contribution in [2.24, 2.45) is 0 Å². The summed E-state index contributed by atoms with van der Waals surface area (Å²) in [6.45, 7) is 1.44. The van der Waals surface area contributed by atoms with Crippen LogP contribution in [0.5, 0.6) is 5.75 Å². The summed E-state index contributed by atoms with van der Waals surface area (Å²) in [6, 6.07) is 30.7. The summed E-state index contributed by atoms with van der Waals surface area (Å²) in [5.41, 5.74) is 3.24. The van der Waals surface area contributed by atoms with Gasteiger partial charge in [-0.25, -0.2) is 0 Å². The standard InChI is InChI=1S/C30H27N3O4S/c1-20(34)31-23-13-15-24(16-14-23)32-30(36)28(21-7-4-3-5-8-21)38-27-10-6-9-25(19-27)33-29(35)22-11-17-26(37-2)18-12-22/h3-19,28H,1-2H3,(H,31,34)(H,32,36)(H,33,35). The molecule has 4 aromatic rings. The van der Waals surface area contributed by atoms with E-state index in [2.05, 4.69) is 16.0 Å². The molecule has 0 aliphatic rings. The quantitative estimate of drug-likeness (QED) is 0.220. The fourth-order valence-corrected chi connectivity index (χ4v) is 4.76. The Bertz CT molecular complexity index is 1410. The van der Waals surface area contributed by atoms with Crippen LogP contribution < -0.4 is 20.7 Å². The van der Waals surface area contributed by atoms with Gasteiger partial charge in [-0.2, -0.15) is 0 Å². The first-order valence-corrected chi connectivity index (χ1v) is 12.7. The topological polar surface area (TPSA) is 96.5 Å². The van der Waals surface area contributed by atoms with Crippen molar-refractivity contribution in [2.45, 2.75) is 17.1 Å². The molecule has 0 spiro atoms. The van der Waals surface area contributed by atoms with Gasteiger partial charge in [-0.1, -0.05) is 36.4 Å². The maximum atomic E-state index is 13.4. The van der Waals surface area contributed by atoms with Crippen molar-refractivity contribution in [3.63, 3.8) is 0 Å². The molecule has 192 valence electrons. The summed E-state index contributed by atoms with van der Waals surface area (Å²) in [6.07, 6.45) is 0. The van der Waals surface area contributed by atoms with Crippen molar-refractivity contribution in [3.8, 4) is 5.75 Å². The molecule has 3 amide bonds. The van der Waals surface area contributed by atoms with E-state index in [9.17, 15) is 14.4 Å². The lowest BCUT2D eigenvalue weighted by molar-refractivity contribution is -0.116. The van der Waals surface area contributed by atoms with E-state index in [1.54, 1.807) is 61.7 Å². The molecule has 0 heterocycles. The molecule has 4 aromatic carbocycles. The summed E-state index contributed by atoms with van der Waals surface area (Å²) < 4.78 is 5.15. The van der Waals surface area contributed by atoms with Gasteiger partial charge in [0.15, 0.2) is 0 Å². The lowest BCUT2D eigenvalue weighted by Crippen LogP contribution is -2.19. The second kappa shape index (κ2) is 12.6. The molecule has 7 nitrogen and oxygen atoms in total. The predicted octanol–water partition coefficient (Wildman–Crippen LogP) is 6.38. The molecule has 0 fully saturated rings. The lowest BCUT2D eigenvalue weighted by atomic mass is 10.1. The van der Waals surface area contributed by atoms with Gasteiger partial charge in [0.25, 0.3) is 5.91 Å². The number of anilines is 3. The third-order valence-electron chi connectivity index (χ3n) is 5.51. The van der Waals surface area contributed by atoms with Crippen LogP contribution in [0.4, 0.5) is 17.1 Å². The molecule has 8 heteroatoms. The van der Waals surface area contributed by atoms with Crippen LogP contribution >= 0.6 is 11.8 Å². The van der Waals surface area contributed by atoms with Gasteiger partial charge in [0, 0.05) is 34.4 Å². The van der Waals surface area contributed by atoms with Gasteiger partial charge in [0.2, 0.25) is 11.8 Å². The van der Waals surface area contributed by atoms with Crippen molar-refractivity contribution < 1.29 is 19.1 Å². The van der Waals surface area contributed by atoms with Gasteiger partial charge in [0.1, 0.15) is 11.0 Å². The Morgan fingerprint density at radius 3 is 2.00 bits per heavy atom. The van der Waals surface area contributed by atoms with Crippen molar-refractivity contribution in [1.82, 2.24) is 0 Å². The number of thioether (sulfide) groups is 1. The van der Waals surface area contributed by atoms with E-state index in [1.807, 2.05) is 48.5 Å². The van der Waals surface area contributed by atoms with Gasteiger partial charge in [-0.3, -0.25) is 14.4 Å². The number of carbonyl (C=O) groups excluding carboxylic acids is 3. The van der Waals surface area contributed by atoms with Crippen molar-refractivity contribution in [2.75, 3.05) is 23.1 Å². The highest BCUT2D eigenvalue weighted by Crippen LogP contribution is 2.37. The highest BCUT2D eigenvalue weighted by molar-refractivity contribution is 8.00. The zero-order chi connectivity index (χ0) is 26.9. The van der Waals surface area contributed by atoms with Crippen LogP contribution in [0.15, 0.2) is 108 Å². The van der Waals surface area contributed by atoms with E-state index in [-0.39, 0.29) is 17.7 Å². The first-order chi connectivity index (χ1) is 18.4. The minimum atomic E-state index is -0.543. The summed E-state index contributed by atoms with van der Waals surface area (Å²) in [4.78, 5) is 38.2. The minimum absolute atomic E-state index is 0.162. The first-order valence-electron chi connectivity index (χ1n) is 11.9. The number of nitrogens with one attached hydrogen (secondary N) is 3. The maximum Gasteiger partial charge on any atom is 0.255 e. The Morgan fingerprint density at radius 1 is 0.711 bits per heavy atom. The predicted molar refractivity (Wildman–Crippen MR) is 152 cm³/mol. The molecular weight excluding hydrogens is 498 g/mol. The Labute approximate surface area is 225 Å². The Kier molecular flexibility index (Phi) is 8.79. The molecule has 0 saturated heterocycles. The SMILES string of the molecule is COc1ccc(C(=O)Nc2cccc(SC(C(=O)Nc3ccc(NC(C)=O)cc3)c3ccccc3)c2)cc1. The van der Waals surface area contributed by atoms with Crippen LogP contribution in [0.3, 0.4) is 0 Å². The molecule has 0 saturated carbocycles. The second-order valence-corrected chi connectivity index (χ2v) is 9.55. The van der Waals surface area contributed by atoms with Crippen molar-refractivity contribution in [1.29, 1.82) is 0 Å². The Morgan fingerprint density at radius 2 is 1.37 bits per heavy atom. The average molecular weight is 526 g/mol. The number of methoxy groups -OCH3 is 1. The Balaban J connectivity index is 1.49. The zero-order valence-electron chi connectivity index (χ0n) is 20.9. The summed E-state index contributed by atoms with van der Waals surface area (Å²) >= 11 is 1.39. The summed E-state index contributed by atoms with van der Waals surface area (Å²) in [5, 5.41) is 8.05. The monoisotopic (exact) mass is 525 g/mol. The van der Waals surface area contributed by atoms with E-state index in [1.165, 1.54) is 18.7 Å². The molecule has 0 aliphatic carbocycles. The average Bonchev–Trinajstić information content (AvgIpc) is 2.93. The van der Waals surface area contributed by atoms with E-state index >= 15 is 0 Å². The Hall–Kier alpha value is -4.56. The van der Waals surface area contributed by atoms with Gasteiger partial charge < -0.3 is 20.7 Å². The van der Waals surface area contributed by atoms with E-state index in [0.29, 0.717) is 28.4 Å². The van der Waals surface area contributed by atoms with Crippen molar-refractivity contribution in [3.05, 3.63) is 114 Å². The van der Waals surface area contributed by atoms with E-state index < -0.39 is 5.25 Å². The van der Waals surface area contributed by atoms with Crippen LogP contribution in [-0.2, 0) is 9.59 Å². The number of hydrogen-bond acceptors (Lipinski definition) is 5. The third kappa shape index (κ3) is 7.24. The van der Waals surface area contributed by atoms with E-state index in [4.69, 9.17) is 4.74 Å². The maximum absolute atomic E-state index is 13.4. The third-order valence-corrected chi connectivity index (χ3v) is 6.76. The summed E-state index contributed by atoms with van der Waals surface area (Å²) in [5.74, 6) is 0.0783. The highest BCUT2D eigenvalue weighted by atomic mass is 32.2. The normalized spacial score (nSPS) is 11.2. The molecular formula is C30H27N3O4S. The second-order valence-electron chi connectivity index (χ2n) is 8.37. The van der Waals surface area contributed by atoms with Crippen LogP contribution in [0.25, 0.3) is 0 Å². The molecule has 0 aromatic heterocycles.